The van der Waals surface area contributed by atoms with Gasteiger partial charge in [-0.1, -0.05) is 60.7 Å². The maximum absolute atomic E-state index is 13.6. The van der Waals surface area contributed by atoms with Crippen LogP contribution in [0.2, 0.25) is 0 Å². The molecule has 118 heavy (non-hydrogen) atoms. The number of azo groups is 2. The fourth-order valence-electron chi connectivity index (χ4n) is 11.3. The summed E-state index contributed by atoms with van der Waals surface area (Å²) in [5, 5.41) is 37.2. The van der Waals surface area contributed by atoms with Crippen LogP contribution < -0.4 is 197 Å². The second kappa shape index (κ2) is 38.6. The van der Waals surface area contributed by atoms with Gasteiger partial charge in [0.05, 0.1) is 98.9 Å². The van der Waals surface area contributed by atoms with E-state index in [1.54, 1.807) is 13.8 Å². The minimum atomic E-state index is -5.40. The van der Waals surface area contributed by atoms with Gasteiger partial charge < -0.3 is 56.5 Å². The van der Waals surface area contributed by atoms with Crippen LogP contribution in [-0.4, -0.2) is 154 Å². The Morgan fingerprint density at radius 2 is 0.653 bits per heavy atom. The number of nitrogens with zero attached hydrogens (tertiary/aromatic N) is 10. The van der Waals surface area contributed by atoms with Crippen molar-refractivity contribution in [1.82, 2.24) is 30.0 Å². The first kappa shape index (κ1) is 101. The van der Waals surface area contributed by atoms with E-state index in [1.807, 2.05) is 0 Å². The number of carbonyl (C=O) groups is 1. The van der Waals surface area contributed by atoms with Crippen molar-refractivity contribution in [3.05, 3.63) is 179 Å². The zero-order valence-corrected chi connectivity index (χ0v) is 81.0. The van der Waals surface area contributed by atoms with Gasteiger partial charge in [-0.15, -0.1) is 20.4 Å². The minimum Gasteiger partial charge on any atom is -0.744 e. The van der Waals surface area contributed by atoms with E-state index in [4.69, 9.17) is 9.47 Å². The van der Waals surface area contributed by atoms with Gasteiger partial charge >= 0.3 is 183 Å². The number of amides is 2. The molecule has 0 bridgehead atoms. The molecular formula is C65H42N12Na6O27S8-2. The number of methoxy groups -OCH3 is 2. The molecule has 0 radical (unpaired) electrons. The van der Waals surface area contributed by atoms with Gasteiger partial charge in [-0.25, -0.2) is 72.1 Å². The average molecular weight is 1820 g/mol. The van der Waals surface area contributed by atoms with Gasteiger partial charge in [0.15, 0.2) is 0 Å². The third kappa shape index (κ3) is 22.8. The predicted molar refractivity (Wildman–Crippen MR) is 384 cm³/mol. The molecule has 39 nitrogen and oxygen atoms in total. The molecule has 0 unspecified atom stereocenters. The van der Waals surface area contributed by atoms with Gasteiger partial charge in [0.1, 0.15) is 115 Å². The number of aromatic nitrogens is 6. The normalized spacial score (nSPS) is 12.4. The minimum absolute atomic E-state index is 0. The first-order valence-electron chi connectivity index (χ1n) is 30.7. The Morgan fingerprint density at radius 1 is 0.347 bits per heavy atom. The molecule has 580 valence electrons. The first-order chi connectivity index (χ1) is 52.1. The van der Waals surface area contributed by atoms with Crippen molar-refractivity contribution in [2.75, 3.05) is 24.9 Å². The van der Waals surface area contributed by atoms with Crippen molar-refractivity contribution in [2.24, 2.45) is 20.5 Å². The number of carbonyl (C=O) groups excluding carboxylic acids is 1. The van der Waals surface area contributed by atoms with Crippen LogP contribution in [0.15, 0.2) is 205 Å². The van der Waals surface area contributed by atoms with Crippen LogP contribution in [0, 0.1) is 13.8 Å². The van der Waals surface area contributed by atoms with Gasteiger partial charge in [0.2, 0.25) is 0 Å². The maximum atomic E-state index is 13.6. The topological polar surface area (TPSA) is 628 Å². The molecule has 12 aromatic rings. The van der Waals surface area contributed by atoms with Gasteiger partial charge in [-0.2, -0.15) is 30.1 Å². The summed E-state index contributed by atoms with van der Waals surface area (Å²) in [6, 6.07) is 24.2. The standard InChI is InChI=1S/C65H50N12O27S8.6Na/c1-33-21-53(55(103-3)31-51(33)70-68-39-13-9-35(57(23-39)107(85,86)87)5-7-37-11-15-41(25-59(37)109(91,92)93)76-72-49-19-17-45-47(63(49)74-76)27-43(105(79,80)81)29-61(45)111(97,98)99)66-65(78)67-54-22-34(2)52(32-56(54)104-4)71-69-40-14-10-36(58(24-40)108(88,89)90)6-8-38-12-16-42(26-60(38)110(94,95)96)77-73-50-20-18-46-48(64(50)75-77)28-44(106(82,83)84)30-62(46)112(100,101)102;;;;;;/h5-32H,1-4H3,(H2,66,67,78)(H,79,80,81)(H,82,83,84)(H,85,86,87)(H,88,89,90)(H,91,92,93)(H,94,95,96)(H,97,98,99)(H,100,101,102);;;;;;/q;6*+1/p-8/b7-5+,8-6+,70-68?,71-69?;;;;;;. The number of nitrogens with one attached hydrogen (secondary N) is 2. The molecule has 0 saturated heterocycles. The van der Waals surface area contributed by atoms with E-state index in [0.717, 1.165) is 107 Å². The van der Waals surface area contributed by atoms with E-state index in [-0.39, 0.29) is 300 Å². The van der Waals surface area contributed by atoms with Gasteiger partial charge in [-0.05, 0) is 144 Å². The van der Waals surface area contributed by atoms with Crippen LogP contribution >= 0.6 is 0 Å². The summed E-state index contributed by atoms with van der Waals surface area (Å²) in [5.74, 6) is 0.0417. The molecule has 2 aromatic heterocycles. The van der Waals surface area contributed by atoms with Crippen LogP contribution in [0.1, 0.15) is 33.4 Å². The number of urea groups is 1. The largest absolute Gasteiger partial charge is 1.00 e. The molecule has 0 aliphatic rings. The first-order valence-corrected chi connectivity index (χ1v) is 42.0. The van der Waals surface area contributed by atoms with Crippen LogP contribution in [0.3, 0.4) is 0 Å². The second-order valence-electron chi connectivity index (χ2n) is 23.7. The Morgan fingerprint density at radius 3 is 0.949 bits per heavy atom. The predicted octanol–water partition coefficient (Wildman–Crippen LogP) is -9.83. The van der Waals surface area contributed by atoms with E-state index in [1.165, 1.54) is 74.9 Å². The van der Waals surface area contributed by atoms with Crippen molar-refractivity contribution in [3.8, 4) is 22.9 Å². The summed E-state index contributed by atoms with van der Waals surface area (Å²) in [6.45, 7) is 3.11. The fourth-order valence-corrected chi connectivity index (χ4v) is 16.7. The number of hydrogen-bond acceptors (Lipinski definition) is 35. The molecule has 12 rings (SSSR count). The van der Waals surface area contributed by atoms with E-state index in [0.29, 0.717) is 23.3 Å². The molecule has 0 aliphatic heterocycles. The molecule has 53 heteroatoms. The Kier molecular flexibility index (Phi) is 33.1. The summed E-state index contributed by atoms with van der Waals surface area (Å²) in [5.41, 5.74) is -1.71. The monoisotopic (exact) mass is 1820 g/mol. The Labute approximate surface area is 803 Å². The third-order valence-electron chi connectivity index (χ3n) is 16.4. The summed E-state index contributed by atoms with van der Waals surface area (Å²) < 4.78 is 308. The number of aryl methyl sites for hydroxylation is 2. The zero-order chi connectivity index (χ0) is 81.5. The smallest absolute Gasteiger partial charge is 0.744 e. The molecule has 2 N–H and O–H groups in total. The molecule has 10 aromatic carbocycles. The van der Waals surface area contributed by atoms with E-state index in [2.05, 4.69) is 51.5 Å². The SMILES string of the molecule is COc1cc(N=Nc2ccc(/C=C/c3ccc(-n4nc5ccc6c(S(=O)(=O)[O-])cc(S(=O)(=O)[O-])cc6c5n4)cc3S(=O)(=O)[O-])c(S(=O)(=O)[O-])c2)c(C)cc1NC(=O)Nc1cc(C)c(N=Nc2ccc(/C=C/c3ccc(-n4nc5ccc6c(S(=O)(=O)[O-])cc(S(=O)(=O)[O-])cc6c5n4)cc3S(=O)(=O)[O-])c(S(=O)(=O)[O-])c2)cc1OC.[Na+].[Na+].[Na+].[Na+].[Na+].[Na+]. The Bertz CT molecular complexity index is 6830. The number of fused-ring (bicyclic) bond motifs is 6. The molecule has 2 heterocycles. The number of rotatable bonds is 22. The number of benzene rings is 10. The third-order valence-corrected chi connectivity index (χ3v) is 23.4. The maximum Gasteiger partial charge on any atom is 1.00 e. The molecule has 2 amide bonds. The molecule has 0 saturated carbocycles. The quantitative estimate of drug-likeness (QED) is 0.0275. The van der Waals surface area contributed by atoms with Gasteiger partial charge in [0.25, 0.3) is 0 Å². The van der Waals surface area contributed by atoms with Crippen molar-refractivity contribution in [3.63, 3.8) is 0 Å². The Hall–Kier alpha value is -5.65. The van der Waals surface area contributed by atoms with Crippen molar-refractivity contribution in [2.45, 2.75) is 53.0 Å². The van der Waals surface area contributed by atoms with Crippen LogP contribution in [0.25, 0.3) is 79.3 Å². The fraction of sp³-hybridized carbons (Fsp3) is 0.0615. The zero-order valence-electron chi connectivity index (χ0n) is 62.4. The van der Waals surface area contributed by atoms with Crippen LogP contribution in [0.4, 0.5) is 38.9 Å². The summed E-state index contributed by atoms with van der Waals surface area (Å²) in [6.07, 6.45) is 4.02. The van der Waals surface area contributed by atoms with E-state index >= 15 is 0 Å². The van der Waals surface area contributed by atoms with Gasteiger partial charge in [0, 0.05) is 33.7 Å². The molecular weight excluding hydrogens is 1780 g/mol. The molecule has 0 fully saturated rings. The van der Waals surface area contributed by atoms with Gasteiger partial charge in [-0.3, -0.25) is 0 Å². The Balaban J connectivity index is 0.00000360. The van der Waals surface area contributed by atoms with E-state index < -0.39 is 126 Å². The molecule has 0 spiro atoms. The van der Waals surface area contributed by atoms with E-state index in [9.17, 15) is 109 Å². The summed E-state index contributed by atoms with van der Waals surface area (Å²) >= 11 is 0. The van der Waals surface area contributed by atoms with Crippen LogP contribution in [-0.2, 0) is 80.9 Å². The molecule has 0 atom stereocenters. The molecule has 0 aliphatic carbocycles. The summed E-state index contributed by atoms with van der Waals surface area (Å²) in [7, 11) is -40.4. The van der Waals surface area contributed by atoms with Crippen molar-refractivity contribution in [1.29, 1.82) is 0 Å². The number of hydrogen-bond donors (Lipinski definition) is 2. The van der Waals surface area contributed by atoms with Crippen molar-refractivity contribution >= 4 is 189 Å². The summed E-state index contributed by atoms with van der Waals surface area (Å²) in [4.78, 5) is 7.30. The second-order valence-corrected chi connectivity index (χ2v) is 34.6. The van der Waals surface area contributed by atoms with Crippen molar-refractivity contribution < 1.29 is 295 Å². The number of anilines is 2. The van der Waals surface area contributed by atoms with Crippen LogP contribution in [0.5, 0.6) is 11.5 Å². The average Bonchev–Trinajstić information content (AvgIpc) is 1.48. The number of ether oxygens (including phenoxy) is 2.